The van der Waals surface area contributed by atoms with Crippen molar-refractivity contribution in [2.75, 3.05) is 14.2 Å². The number of methoxy groups -OCH3 is 2. The van der Waals surface area contributed by atoms with Gasteiger partial charge in [0.1, 0.15) is 5.72 Å². The summed E-state index contributed by atoms with van der Waals surface area (Å²) in [6.45, 7) is 1.41. The van der Waals surface area contributed by atoms with E-state index in [1.807, 2.05) is 0 Å². The van der Waals surface area contributed by atoms with E-state index in [4.69, 9.17) is 15.2 Å². The molecule has 23 heavy (non-hydrogen) atoms. The molecular weight excluding hydrogens is 318 g/mol. The Kier molecular flexibility index (Phi) is 5.19. The standard InChI is InChI=1S/C15H17N3O4S/c1-15(16,20)10-5-4-6-11(9(10)8-19)23-14-17-12(21-2)7-13(18-14)22-3/h4-8,20H,16H2,1-3H3. The lowest BCUT2D eigenvalue weighted by atomic mass is 10.00. The number of benzene rings is 1. The van der Waals surface area contributed by atoms with Crippen molar-refractivity contribution in [2.45, 2.75) is 22.7 Å². The highest BCUT2D eigenvalue weighted by atomic mass is 32.2. The fraction of sp³-hybridized carbons (Fsp3) is 0.267. The molecule has 1 aromatic heterocycles. The van der Waals surface area contributed by atoms with Crippen molar-refractivity contribution < 1.29 is 19.4 Å². The number of aldehydes is 1. The smallest absolute Gasteiger partial charge is 0.220 e. The monoisotopic (exact) mass is 335 g/mol. The van der Waals surface area contributed by atoms with Crippen molar-refractivity contribution in [3.8, 4) is 11.8 Å². The van der Waals surface area contributed by atoms with Gasteiger partial charge < -0.3 is 20.3 Å². The van der Waals surface area contributed by atoms with Gasteiger partial charge in [0.25, 0.3) is 0 Å². The van der Waals surface area contributed by atoms with E-state index in [-0.39, 0.29) is 5.56 Å². The zero-order valence-corrected chi connectivity index (χ0v) is 13.8. The molecule has 3 N–H and O–H groups in total. The number of rotatable bonds is 6. The third-order valence-electron chi connectivity index (χ3n) is 3.01. The fourth-order valence-electron chi connectivity index (χ4n) is 1.93. The number of aromatic nitrogens is 2. The fourth-order valence-corrected chi connectivity index (χ4v) is 2.82. The van der Waals surface area contributed by atoms with Crippen LogP contribution in [-0.2, 0) is 5.72 Å². The molecule has 7 nitrogen and oxygen atoms in total. The SMILES string of the molecule is COc1cc(OC)nc(Sc2cccc(C(C)(N)O)c2C=O)n1. The van der Waals surface area contributed by atoms with E-state index < -0.39 is 5.72 Å². The zero-order valence-electron chi connectivity index (χ0n) is 12.9. The Hall–Kier alpha value is -2.16. The molecule has 0 aliphatic rings. The van der Waals surface area contributed by atoms with Crippen LogP contribution in [0.2, 0.25) is 0 Å². The van der Waals surface area contributed by atoms with Crippen LogP contribution in [0.5, 0.6) is 11.8 Å². The molecule has 8 heteroatoms. The lowest BCUT2D eigenvalue weighted by molar-refractivity contribution is 0.0631. The summed E-state index contributed by atoms with van der Waals surface area (Å²) in [5.41, 5.74) is 4.69. The molecule has 0 spiro atoms. The van der Waals surface area contributed by atoms with Crippen LogP contribution >= 0.6 is 11.8 Å². The Morgan fingerprint density at radius 1 is 1.26 bits per heavy atom. The molecule has 0 amide bonds. The average Bonchev–Trinajstić information content (AvgIpc) is 2.53. The van der Waals surface area contributed by atoms with Crippen molar-refractivity contribution >= 4 is 18.0 Å². The maximum absolute atomic E-state index is 11.5. The Bertz CT molecular complexity index is 694. The third kappa shape index (κ3) is 3.98. The number of nitrogens with zero attached hydrogens (tertiary/aromatic N) is 2. The van der Waals surface area contributed by atoms with Gasteiger partial charge >= 0.3 is 0 Å². The third-order valence-corrected chi connectivity index (χ3v) is 3.95. The van der Waals surface area contributed by atoms with E-state index in [1.54, 1.807) is 24.3 Å². The van der Waals surface area contributed by atoms with Gasteiger partial charge in [-0.1, -0.05) is 12.1 Å². The highest BCUT2D eigenvalue weighted by molar-refractivity contribution is 7.99. The Labute approximate surface area is 137 Å². The first kappa shape index (κ1) is 17.2. The number of carbonyl (C=O) groups is 1. The quantitative estimate of drug-likeness (QED) is 0.465. The van der Waals surface area contributed by atoms with Crippen molar-refractivity contribution in [2.24, 2.45) is 5.73 Å². The summed E-state index contributed by atoms with van der Waals surface area (Å²) in [4.78, 5) is 20.4. The van der Waals surface area contributed by atoms with Gasteiger partial charge in [-0.05, 0) is 24.8 Å². The van der Waals surface area contributed by atoms with Gasteiger partial charge in [0, 0.05) is 16.0 Å². The molecule has 0 bridgehead atoms. The number of nitrogens with two attached hydrogens (primary N) is 1. The summed E-state index contributed by atoms with van der Waals surface area (Å²) in [6.07, 6.45) is 0.649. The molecule has 0 fully saturated rings. The van der Waals surface area contributed by atoms with Crippen LogP contribution < -0.4 is 15.2 Å². The largest absolute Gasteiger partial charge is 0.481 e. The minimum Gasteiger partial charge on any atom is -0.481 e. The topological polar surface area (TPSA) is 108 Å². The van der Waals surface area contributed by atoms with Gasteiger partial charge in [0.05, 0.1) is 20.3 Å². The van der Waals surface area contributed by atoms with Gasteiger partial charge in [-0.3, -0.25) is 4.79 Å². The molecule has 0 aliphatic heterocycles. The van der Waals surface area contributed by atoms with E-state index in [1.165, 1.54) is 21.1 Å². The Morgan fingerprint density at radius 3 is 2.35 bits per heavy atom. The van der Waals surface area contributed by atoms with Gasteiger partial charge in [-0.25, -0.2) is 0 Å². The second-order valence-electron chi connectivity index (χ2n) is 4.82. The lowest BCUT2D eigenvalue weighted by Gasteiger charge is -2.21. The molecule has 0 saturated heterocycles. The van der Waals surface area contributed by atoms with Crippen LogP contribution in [0.25, 0.3) is 0 Å². The second-order valence-corrected chi connectivity index (χ2v) is 5.83. The lowest BCUT2D eigenvalue weighted by Crippen LogP contribution is -2.33. The highest BCUT2D eigenvalue weighted by Gasteiger charge is 2.23. The molecule has 122 valence electrons. The molecule has 1 aromatic carbocycles. The van der Waals surface area contributed by atoms with E-state index >= 15 is 0 Å². The van der Waals surface area contributed by atoms with E-state index in [2.05, 4.69) is 9.97 Å². The van der Waals surface area contributed by atoms with E-state index in [0.717, 1.165) is 11.8 Å². The Morgan fingerprint density at radius 2 is 1.87 bits per heavy atom. The zero-order chi connectivity index (χ0) is 17.0. The first-order chi connectivity index (χ1) is 10.9. The molecule has 2 aromatic rings. The minimum atomic E-state index is -1.63. The predicted octanol–water partition coefficient (Wildman–Crippen LogP) is 1.58. The van der Waals surface area contributed by atoms with E-state index in [0.29, 0.717) is 33.7 Å². The summed E-state index contributed by atoms with van der Waals surface area (Å²) in [5, 5.41) is 10.3. The van der Waals surface area contributed by atoms with Crippen molar-refractivity contribution in [3.05, 3.63) is 35.4 Å². The van der Waals surface area contributed by atoms with Crippen LogP contribution in [0.3, 0.4) is 0 Å². The van der Waals surface area contributed by atoms with E-state index in [9.17, 15) is 9.90 Å². The maximum Gasteiger partial charge on any atom is 0.220 e. The number of hydrogen-bond donors (Lipinski definition) is 2. The number of aliphatic hydroxyl groups is 1. The minimum absolute atomic E-state index is 0.287. The summed E-state index contributed by atoms with van der Waals surface area (Å²) >= 11 is 1.15. The summed E-state index contributed by atoms with van der Waals surface area (Å²) in [6, 6.07) is 6.56. The van der Waals surface area contributed by atoms with Crippen LogP contribution in [0.15, 0.2) is 34.3 Å². The predicted molar refractivity (Wildman–Crippen MR) is 84.8 cm³/mol. The van der Waals surface area contributed by atoms with Crippen LogP contribution in [0.1, 0.15) is 22.8 Å². The normalized spacial score (nSPS) is 13.3. The molecule has 0 saturated carbocycles. The molecule has 2 rings (SSSR count). The van der Waals surface area contributed by atoms with Gasteiger partial charge in [0.15, 0.2) is 11.4 Å². The van der Waals surface area contributed by atoms with Crippen molar-refractivity contribution in [3.63, 3.8) is 0 Å². The second kappa shape index (κ2) is 6.95. The summed E-state index contributed by atoms with van der Waals surface area (Å²) in [5.74, 6) is 0.683. The summed E-state index contributed by atoms with van der Waals surface area (Å²) in [7, 11) is 2.97. The Balaban J connectivity index is 2.46. The molecule has 0 radical (unpaired) electrons. The van der Waals surface area contributed by atoms with Gasteiger partial charge in [-0.2, -0.15) is 9.97 Å². The number of hydrogen-bond acceptors (Lipinski definition) is 8. The molecule has 0 aliphatic carbocycles. The number of carbonyl (C=O) groups excluding carboxylic acids is 1. The average molecular weight is 335 g/mol. The van der Waals surface area contributed by atoms with Crippen LogP contribution in [0, 0.1) is 0 Å². The van der Waals surface area contributed by atoms with Crippen molar-refractivity contribution in [1.82, 2.24) is 9.97 Å². The van der Waals surface area contributed by atoms with Gasteiger partial charge in [0.2, 0.25) is 11.8 Å². The summed E-state index contributed by atoms with van der Waals surface area (Å²) < 4.78 is 10.2. The maximum atomic E-state index is 11.5. The van der Waals surface area contributed by atoms with Crippen LogP contribution in [-0.4, -0.2) is 35.6 Å². The molecular formula is C15H17N3O4S. The first-order valence-electron chi connectivity index (χ1n) is 6.64. The molecule has 1 unspecified atom stereocenters. The molecule has 1 atom stereocenters. The van der Waals surface area contributed by atoms with Crippen LogP contribution in [0.4, 0.5) is 0 Å². The first-order valence-corrected chi connectivity index (χ1v) is 7.45. The number of ether oxygens (including phenoxy) is 2. The van der Waals surface area contributed by atoms with Crippen molar-refractivity contribution in [1.29, 1.82) is 0 Å². The van der Waals surface area contributed by atoms with Gasteiger partial charge in [-0.15, -0.1) is 0 Å². The highest BCUT2D eigenvalue weighted by Crippen LogP contribution is 2.33. The molecule has 1 heterocycles.